The van der Waals surface area contributed by atoms with Crippen LogP contribution in [0.25, 0.3) is 22.3 Å². The third-order valence-electron chi connectivity index (χ3n) is 8.94. The molecular weight excluding hydrogens is 627 g/mol. The predicted molar refractivity (Wildman–Crippen MR) is 200 cm³/mol. The van der Waals surface area contributed by atoms with Crippen LogP contribution in [0, 0.1) is 0 Å². The number of hydrogen-bond acceptors (Lipinski definition) is 0. The Hall–Kier alpha value is -4.55. The molecule has 45 heavy (non-hydrogen) atoms. The molecule has 2 heteroatoms. The van der Waals surface area contributed by atoms with E-state index in [2.05, 4.69) is 200 Å². The summed E-state index contributed by atoms with van der Waals surface area (Å²) in [6.07, 6.45) is 0. The number of benzene rings is 7. The van der Waals surface area contributed by atoms with Gasteiger partial charge in [0.15, 0.2) is 0 Å². The molecule has 7 rings (SSSR count). The maximum atomic E-state index is 4.81. The second-order valence-corrected chi connectivity index (χ2v) is 20.1. The predicted octanol–water partition coefficient (Wildman–Crippen LogP) is 10.9. The van der Waals surface area contributed by atoms with Crippen molar-refractivity contribution >= 4 is 36.7 Å². The van der Waals surface area contributed by atoms with Crippen LogP contribution >= 0.6 is 20.8 Å². The van der Waals surface area contributed by atoms with E-state index in [0.717, 1.165) is 0 Å². The van der Waals surface area contributed by atoms with Crippen LogP contribution in [0.4, 0.5) is 0 Å². The summed E-state index contributed by atoms with van der Waals surface area (Å²) in [6, 6.07) is 73.1. The van der Waals surface area contributed by atoms with Gasteiger partial charge in [-0.3, -0.25) is 0 Å². The molecule has 0 atom stereocenters. The topological polar surface area (TPSA) is 0 Å². The van der Waals surface area contributed by atoms with Crippen molar-refractivity contribution in [1.29, 1.82) is 0 Å². The molecule has 0 bridgehead atoms. The fraction of sp³-hybridized carbons (Fsp3) is 0.0233. The van der Waals surface area contributed by atoms with Crippen LogP contribution in [-0.4, -0.2) is 0 Å². The van der Waals surface area contributed by atoms with Gasteiger partial charge in [-0.15, -0.1) is 0 Å². The van der Waals surface area contributed by atoms with E-state index in [0.29, 0.717) is 0 Å². The molecule has 7 aromatic rings. The first-order valence-corrected chi connectivity index (χ1v) is 19.7. The van der Waals surface area contributed by atoms with Crippen LogP contribution in [0.2, 0.25) is 0 Å². The Kier molecular flexibility index (Phi) is 8.07. The molecule has 0 spiro atoms. The molecule has 0 nitrogen and oxygen atoms in total. The maximum absolute atomic E-state index is 4.81. The second kappa shape index (κ2) is 12.4. The van der Waals surface area contributed by atoms with E-state index in [9.17, 15) is 0 Å². The van der Waals surface area contributed by atoms with Crippen LogP contribution in [0.15, 0.2) is 200 Å². The van der Waals surface area contributed by atoms with Gasteiger partial charge in [0.05, 0.1) is 0 Å². The summed E-state index contributed by atoms with van der Waals surface area (Å²) < 4.78 is 0. The molecule has 0 amide bonds. The summed E-state index contributed by atoms with van der Waals surface area (Å²) in [5.74, 6) is 0. The zero-order valence-electron chi connectivity index (χ0n) is 25.0. The fourth-order valence-electron chi connectivity index (χ4n) is 6.78. The molecule has 7 aromatic carbocycles. The monoisotopic (exact) mass is 660 g/mol. The molecule has 0 aliphatic heterocycles. The van der Waals surface area contributed by atoms with E-state index in [1.165, 1.54) is 49.3 Å². The standard InChI is InChI=1S/C43H34BrP/c44-45(40-20-10-3-11-21-40,41-22-12-4-13-23-41,42-24-14-5-15-25-42)43(38-30-26-36(27-31-38)34-16-6-1-7-17-34)39-32-28-37(29-33-39)35-18-8-2-9-19-35/h1-33,43H. The van der Waals surface area contributed by atoms with Crippen molar-refractivity contribution in [2.75, 3.05) is 0 Å². The third-order valence-corrected chi connectivity index (χ3v) is 19.3. The summed E-state index contributed by atoms with van der Waals surface area (Å²) in [5.41, 5.74) is 7.40. The quantitative estimate of drug-likeness (QED) is 0.142. The van der Waals surface area contributed by atoms with Crippen LogP contribution in [0.3, 0.4) is 0 Å². The van der Waals surface area contributed by atoms with Crippen LogP contribution in [0.1, 0.15) is 16.8 Å². The zero-order chi connectivity index (χ0) is 30.6. The third kappa shape index (κ3) is 5.17. The van der Waals surface area contributed by atoms with E-state index < -0.39 is 5.31 Å². The first-order valence-electron chi connectivity index (χ1n) is 15.4. The van der Waals surface area contributed by atoms with E-state index in [1.54, 1.807) is 0 Å². The van der Waals surface area contributed by atoms with Crippen molar-refractivity contribution in [2.45, 2.75) is 5.66 Å². The average molecular weight is 662 g/mol. The number of hydrogen-bond donors (Lipinski definition) is 0. The second-order valence-electron chi connectivity index (χ2n) is 11.5. The number of rotatable bonds is 8. The molecule has 0 aliphatic carbocycles. The summed E-state index contributed by atoms with van der Waals surface area (Å²) in [6.45, 7) is 0. The van der Waals surface area contributed by atoms with Gasteiger partial charge < -0.3 is 0 Å². The van der Waals surface area contributed by atoms with Gasteiger partial charge in [0.1, 0.15) is 0 Å². The zero-order valence-corrected chi connectivity index (χ0v) is 27.4. The van der Waals surface area contributed by atoms with Crippen molar-refractivity contribution < 1.29 is 0 Å². The van der Waals surface area contributed by atoms with Crippen molar-refractivity contribution in [2.24, 2.45) is 0 Å². The van der Waals surface area contributed by atoms with Crippen LogP contribution < -0.4 is 15.9 Å². The average Bonchev–Trinajstić information content (AvgIpc) is 3.14. The van der Waals surface area contributed by atoms with E-state index in [4.69, 9.17) is 15.5 Å². The number of halogens is 1. The molecule has 0 saturated heterocycles. The molecule has 0 N–H and O–H groups in total. The first-order chi connectivity index (χ1) is 22.2. The van der Waals surface area contributed by atoms with Crippen LogP contribution in [-0.2, 0) is 0 Å². The normalized spacial score (nSPS) is 12.4. The van der Waals surface area contributed by atoms with Gasteiger partial charge in [-0.25, -0.2) is 0 Å². The summed E-state index contributed by atoms with van der Waals surface area (Å²) in [5, 5.41) is 0.434. The van der Waals surface area contributed by atoms with Gasteiger partial charge in [0.25, 0.3) is 0 Å². The Morgan fingerprint density at radius 2 is 0.533 bits per heavy atom. The fourth-order valence-corrected chi connectivity index (χ4v) is 15.8. The Bertz CT molecular complexity index is 1790. The SMILES string of the molecule is BrP(c1ccccc1)(c1ccccc1)(c1ccccc1)C(c1ccc(-c2ccccc2)cc1)c1ccc(-c2ccccc2)cc1. The molecular formula is C43H34BrP. The van der Waals surface area contributed by atoms with Gasteiger partial charge in [0.2, 0.25) is 0 Å². The van der Waals surface area contributed by atoms with Gasteiger partial charge in [0, 0.05) is 0 Å². The van der Waals surface area contributed by atoms with Gasteiger partial charge in [-0.05, 0) is 0 Å². The van der Waals surface area contributed by atoms with E-state index >= 15 is 0 Å². The van der Waals surface area contributed by atoms with Crippen molar-refractivity contribution in [3.05, 3.63) is 211 Å². The molecule has 0 fully saturated rings. The molecule has 0 unspecified atom stereocenters. The minimum atomic E-state index is -3.46. The molecule has 0 radical (unpaired) electrons. The van der Waals surface area contributed by atoms with Gasteiger partial charge in [-0.1, -0.05) is 0 Å². The molecule has 0 saturated carbocycles. The summed E-state index contributed by atoms with van der Waals surface area (Å²) in [4.78, 5) is 0. The summed E-state index contributed by atoms with van der Waals surface area (Å²) in [7, 11) is 0. The Labute approximate surface area is 274 Å². The van der Waals surface area contributed by atoms with Crippen molar-refractivity contribution in [3.8, 4) is 22.3 Å². The minimum absolute atomic E-state index is 0.0159. The molecule has 0 aromatic heterocycles. The summed E-state index contributed by atoms with van der Waals surface area (Å²) >= 11 is 4.81. The van der Waals surface area contributed by atoms with Gasteiger partial charge >= 0.3 is 276 Å². The van der Waals surface area contributed by atoms with Crippen molar-refractivity contribution in [1.82, 2.24) is 0 Å². The Morgan fingerprint density at radius 3 is 0.822 bits per heavy atom. The Balaban J connectivity index is 1.55. The van der Waals surface area contributed by atoms with E-state index in [-0.39, 0.29) is 5.66 Å². The molecule has 0 aliphatic rings. The molecule has 218 valence electrons. The van der Waals surface area contributed by atoms with Crippen molar-refractivity contribution in [3.63, 3.8) is 0 Å². The van der Waals surface area contributed by atoms with E-state index in [1.807, 2.05) is 0 Å². The Morgan fingerprint density at radius 1 is 0.289 bits per heavy atom. The molecule has 0 heterocycles. The van der Waals surface area contributed by atoms with Crippen LogP contribution in [0.5, 0.6) is 0 Å². The van der Waals surface area contributed by atoms with Gasteiger partial charge in [-0.2, -0.15) is 0 Å². The first kappa shape index (κ1) is 29.2.